The average Bonchev–Trinajstić information content (AvgIpc) is 2.53. The highest BCUT2D eigenvalue weighted by Crippen LogP contribution is 1.97. The summed E-state index contributed by atoms with van der Waals surface area (Å²) in [5, 5.41) is 5.05. The number of ketones is 1. The lowest BCUT2D eigenvalue weighted by Crippen LogP contribution is -2.37. The van der Waals surface area contributed by atoms with E-state index in [9.17, 15) is 9.59 Å². The predicted molar refractivity (Wildman–Crippen MR) is 36.8 cm³/mol. The Kier molecular flexibility index (Phi) is 2.56. The average molecular weight is 158 g/mol. The van der Waals surface area contributed by atoms with Crippen molar-refractivity contribution in [3.05, 3.63) is 0 Å². The lowest BCUT2D eigenvalue weighted by atomic mass is 10.2. The third-order valence-corrected chi connectivity index (χ3v) is 1.46. The molecule has 1 saturated heterocycles. The van der Waals surface area contributed by atoms with E-state index in [1.165, 1.54) is 7.05 Å². The molecule has 1 heterocycles. The highest BCUT2D eigenvalue weighted by Gasteiger charge is 2.27. The van der Waals surface area contributed by atoms with E-state index < -0.39 is 17.8 Å². The summed E-state index contributed by atoms with van der Waals surface area (Å²) in [6, 6.07) is 0. The van der Waals surface area contributed by atoms with Crippen molar-refractivity contribution in [3.8, 4) is 0 Å². The van der Waals surface area contributed by atoms with Crippen LogP contribution in [0.5, 0.6) is 0 Å². The number of hydrogen-bond donors (Lipinski definition) is 2. The minimum atomic E-state index is -0.602. The molecule has 0 aromatic carbocycles. The Labute approximate surface area is 64.1 Å². The van der Waals surface area contributed by atoms with Gasteiger partial charge in [0.1, 0.15) is 6.10 Å². The molecule has 62 valence electrons. The molecule has 11 heavy (non-hydrogen) atoms. The van der Waals surface area contributed by atoms with Crippen LogP contribution in [0.3, 0.4) is 0 Å². The maximum atomic E-state index is 11.0. The molecule has 2 N–H and O–H groups in total. The summed E-state index contributed by atoms with van der Waals surface area (Å²) in [7, 11) is 1.42. The fraction of sp³-hybridized carbons (Fsp3) is 0.667. The molecular formula is C6H10N2O3. The Bertz CT molecular complexity index is 175. The number of Topliss-reactive ketones (excluding diaryl/α,β-unsaturated/α-hetero) is 1. The van der Waals surface area contributed by atoms with Crippen molar-refractivity contribution in [1.82, 2.24) is 10.6 Å². The van der Waals surface area contributed by atoms with Gasteiger partial charge in [0.2, 0.25) is 5.78 Å². The standard InChI is InChI=1S/C6H10N2O3/c1-7-6(10)5(9)4-2-8-3-11-4/h4,8H,2-3H2,1H3,(H,7,10). The number of rotatable bonds is 2. The van der Waals surface area contributed by atoms with Crippen LogP contribution in [-0.2, 0) is 14.3 Å². The van der Waals surface area contributed by atoms with E-state index in [4.69, 9.17) is 4.74 Å². The molecular weight excluding hydrogens is 148 g/mol. The molecule has 5 nitrogen and oxygen atoms in total. The van der Waals surface area contributed by atoms with Crippen LogP contribution >= 0.6 is 0 Å². The molecule has 0 radical (unpaired) electrons. The van der Waals surface area contributed by atoms with E-state index in [2.05, 4.69) is 10.6 Å². The first kappa shape index (κ1) is 8.16. The summed E-state index contributed by atoms with van der Waals surface area (Å²) < 4.78 is 4.92. The lowest BCUT2D eigenvalue weighted by molar-refractivity contribution is -0.142. The van der Waals surface area contributed by atoms with Gasteiger partial charge in [0.15, 0.2) is 0 Å². The van der Waals surface area contributed by atoms with Crippen LogP contribution in [0.4, 0.5) is 0 Å². The quantitative estimate of drug-likeness (QED) is 0.467. The van der Waals surface area contributed by atoms with E-state index in [1.807, 2.05) is 0 Å². The summed E-state index contributed by atoms with van der Waals surface area (Å²) in [6.45, 7) is 0.764. The Balaban J connectivity index is 2.46. The van der Waals surface area contributed by atoms with Crippen LogP contribution in [0.15, 0.2) is 0 Å². The molecule has 1 atom stereocenters. The molecule has 1 amide bonds. The fourth-order valence-electron chi connectivity index (χ4n) is 0.846. The molecule has 1 fully saturated rings. The zero-order valence-corrected chi connectivity index (χ0v) is 6.22. The SMILES string of the molecule is CNC(=O)C(=O)C1CNCO1. The molecule has 0 aromatic heterocycles. The largest absolute Gasteiger partial charge is 0.353 e. The van der Waals surface area contributed by atoms with Crippen molar-refractivity contribution in [2.75, 3.05) is 20.3 Å². The minimum absolute atomic E-state index is 0.341. The number of nitrogens with one attached hydrogen (secondary N) is 2. The Hall–Kier alpha value is -0.940. The van der Waals surface area contributed by atoms with Crippen molar-refractivity contribution in [2.24, 2.45) is 0 Å². The molecule has 0 bridgehead atoms. The number of amides is 1. The predicted octanol–water partition coefficient (Wildman–Crippen LogP) is -1.75. The third kappa shape index (κ3) is 1.75. The van der Waals surface area contributed by atoms with Gasteiger partial charge >= 0.3 is 0 Å². The van der Waals surface area contributed by atoms with Gasteiger partial charge in [0.05, 0.1) is 6.73 Å². The van der Waals surface area contributed by atoms with Gasteiger partial charge in [-0.25, -0.2) is 0 Å². The van der Waals surface area contributed by atoms with Crippen molar-refractivity contribution < 1.29 is 14.3 Å². The van der Waals surface area contributed by atoms with Crippen LogP contribution in [-0.4, -0.2) is 38.1 Å². The van der Waals surface area contributed by atoms with Gasteiger partial charge in [-0.1, -0.05) is 0 Å². The van der Waals surface area contributed by atoms with E-state index in [0.717, 1.165) is 0 Å². The second-order valence-corrected chi connectivity index (χ2v) is 2.20. The topological polar surface area (TPSA) is 67.4 Å². The Morgan fingerprint density at radius 3 is 2.82 bits per heavy atom. The molecule has 0 aliphatic carbocycles. The number of ether oxygens (including phenoxy) is 1. The molecule has 0 saturated carbocycles. The Morgan fingerprint density at radius 2 is 2.36 bits per heavy atom. The normalized spacial score (nSPS) is 23.2. The number of carbonyl (C=O) groups excluding carboxylic acids is 2. The van der Waals surface area contributed by atoms with Gasteiger partial charge in [0.25, 0.3) is 5.91 Å². The molecule has 1 aliphatic rings. The van der Waals surface area contributed by atoms with Gasteiger partial charge in [-0.3, -0.25) is 14.9 Å². The van der Waals surface area contributed by atoms with E-state index in [1.54, 1.807) is 0 Å². The summed E-state index contributed by atoms with van der Waals surface area (Å²) in [5.74, 6) is -1.11. The van der Waals surface area contributed by atoms with Gasteiger partial charge < -0.3 is 10.1 Å². The molecule has 0 aromatic rings. The van der Waals surface area contributed by atoms with E-state index in [-0.39, 0.29) is 0 Å². The van der Waals surface area contributed by atoms with Crippen molar-refractivity contribution >= 4 is 11.7 Å². The maximum absolute atomic E-state index is 11.0. The zero-order chi connectivity index (χ0) is 8.27. The Morgan fingerprint density at radius 1 is 1.64 bits per heavy atom. The summed E-state index contributed by atoms with van der Waals surface area (Å²) >= 11 is 0. The van der Waals surface area contributed by atoms with Crippen LogP contribution in [0.2, 0.25) is 0 Å². The molecule has 1 aliphatic heterocycles. The first-order valence-electron chi connectivity index (χ1n) is 3.34. The second kappa shape index (κ2) is 3.45. The summed E-state index contributed by atoms with van der Waals surface area (Å²) in [6.07, 6.45) is -0.602. The van der Waals surface area contributed by atoms with Crippen molar-refractivity contribution in [3.63, 3.8) is 0 Å². The van der Waals surface area contributed by atoms with Gasteiger partial charge in [0, 0.05) is 13.6 Å². The first-order chi connectivity index (χ1) is 5.25. The number of hydrogen-bond acceptors (Lipinski definition) is 4. The fourth-order valence-corrected chi connectivity index (χ4v) is 0.846. The van der Waals surface area contributed by atoms with Gasteiger partial charge in [-0.2, -0.15) is 0 Å². The molecule has 0 spiro atoms. The number of carbonyl (C=O) groups is 2. The van der Waals surface area contributed by atoms with Crippen LogP contribution in [0, 0.1) is 0 Å². The minimum Gasteiger partial charge on any atom is -0.353 e. The van der Waals surface area contributed by atoms with Crippen molar-refractivity contribution in [2.45, 2.75) is 6.10 Å². The lowest BCUT2D eigenvalue weighted by Gasteiger charge is -2.04. The zero-order valence-electron chi connectivity index (χ0n) is 6.22. The highest BCUT2D eigenvalue weighted by atomic mass is 16.5. The van der Waals surface area contributed by atoms with Crippen molar-refractivity contribution in [1.29, 1.82) is 0 Å². The van der Waals surface area contributed by atoms with Gasteiger partial charge in [-0.05, 0) is 0 Å². The van der Waals surface area contributed by atoms with Crippen LogP contribution < -0.4 is 10.6 Å². The van der Waals surface area contributed by atoms with Crippen LogP contribution in [0.1, 0.15) is 0 Å². The third-order valence-electron chi connectivity index (χ3n) is 1.46. The second-order valence-electron chi connectivity index (χ2n) is 2.20. The van der Waals surface area contributed by atoms with Gasteiger partial charge in [-0.15, -0.1) is 0 Å². The van der Waals surface area contributed by atoms with E-state index >= 15 is 0 Å². The smallest absolute Gasteiger partial charge is 0.289 e. The first-order valence-corrected chi connectivity index (χ1v) is 3.34. The highest BCUT2D eigenvalue weighted by molar-refractivity contribution is 6.37. The van der Waals surface area contributed by atoms with Crippen LogP contribution in [0.25, 0.3) is 0 Å². The summed E-state index contributed by atoms with van der Waals surface area (Å²) in [5.41, 5.74) is 0. The molecule has 1 unspecified atom stereocenters. The molecule has 5 heteroatoms. The molecule has 1 rings (SSSR count). The monoisotopic (exact) mass is 158 g/mol. The summed E-state index contributed by atoms with van der Waals surface area (Å²) in [4.78, 5) is 21.7. The maximum Gasteiger partial charge on any atom is 0.289 e. The number of likely N-dealkylation sites (N-methyl/N-ethyl adjacent to an activating group) is 1. The van der Waals surface area contributed by atoms with E-state index in [0.29, 0.717) is 13.3 Å².